The van der Waals surface area contributed by atoms with Gasteiger partial charge in [0.1, 0.15) is 5.75 Å². The Morgan fingerprint density at radius 2 is 1.59 bits per heavy atom. The van der Waals surface area contributed by atoms with Crippen molar-refractivity contribution in [3.8, 4) is 5.75 Å². The molecule has 2 rings (SSSR count). The molecule has 0 aromatic heterocycles. The number of hydrogen-bond donors (Lipinski definition) is 3. The van der Waals surface area contributed by atoms with Crippen LogP contribution >= 0.6 is 12.2 Å². The Kier molecular flexibility index (Phi) is 7.50. The molecule has 0 atom stereocenters. The first-order chi connectivity index (χ1) is 13.7. The second-order valence-corrected chi connectivity index (χ2v) is 7.74. The molecule has 0 unspecified atom stereocenters. The van der Waals surface area contributed by atoms with Gasteiger partial charge in [0.15, 0.2) is 5.11 Å². The molecule has 6 nitrogen and oxygen atoms in total. The molecular formula is C22H25N3O3S. The highest BCUT2D eigenvalue weighted by Gasteiger charge is 2.14. The Labute approximate surface area is 176 Å². The van der Waals surface area contributed by atoms with Gasteiger partial charge >= 0.3 is 0 Å². The van der Waals surface area contributed by atoms with Crippen molar-refractivity contribution in [3.05, 3.63) is 71.3 Å². The standard InChI is InChI=1S/C22H25N3O3S/c1-22(2,3)17-10-8-16(9-11-17)20(27)24-25-21(29)23-19(26)14-7-15-5-12-18(28-4)13-6-15/h5-14H,1-4H3,(H,24,27)(H2,23,25,26,29)/b14-7+. The number of rotatable bonds is 4. The molecule has 0 fully saturated rings. The lowest BCUT2D eigenvalue weighted by atomic mass is 9.87. The van der Waals surface area contributed by atoms with Gasteiger partial charge in [-0.1, -0.05) is 45.0 Å². The van der Waals surface area contributed by atoms with Crippen molar-refractivity contribution in [2.24, 2.45) is 0 Å². The zero-order valence-electron chi connectivity index (χ0n) is 16.9. The SMILES string of the molecule is COc1ccc(/C=C/C(=O)NC(=S)NNC(=O)c2ccc(C(C)(C)C)cc2)cc1. The first-order valence-electron chi connectivity index (χ1n) is 9.03. The molecule has 0 aliphatic heterocycles. The summed E-state index contributed by atoms with van der Waals surface area (Å²) < 4.78 is 5.08. The van der Waals surface area contributed by atoms with Crippen LogP contribution in [0.4, 0.5) is 0 Å². The van der Waals surface area contributed by atoms with Crippen LogP contribution in [0.1, 0.15) is 42.3 Å². The molecule has 0 heterocycles. The molecular weight excluding hydrogens is 386 g/mol. The molecule has 152 valence electrons. The summed E-state index contributed by atoms with van der Waals surface area (Å²) in [7, 11) is 1.59. The second kappa shape index (κ2) is 9.84. The molecule has 0 aliphatic carbocycles. The number of thiocarbonyl (C=S) groups is 1. The topological polar surface area (TPSA) is 79.5 Å². The van der Waals surface area contributed by atoms with Gasteiger partial charge < -0.3 is 4.74 Å². The van der Waals surface area contributed by atoms with Crippen LogP contribution in [-0.4, -0.2) is 24.0 Å². The third-order valence-electron chi connectivity index (χ3n) is 4.08. The number of amides is 2. The van der Waals surface area contributed by atoms with Crippen LogP contribution in [0.25, 0.3) is 6.08 Å². The third-order valence-corrected chi connectivity index (χ3v) is 4.29. The van der Waals surface area contributed by atoms with Crippen LogP contribution < -0.4 is 20.9 Å². The molecule has 2 aromatic rings. The minimum absolute atomic E-state index is 0.00552. The minimum atomic E-state index is -0.415. The summed E-state index contributed by atoms with van der Waals surface area (Å²) in [6.07, 6.45) is 3.00. The van der Waals surface area contributed by atoms with Crippen molar-refractivity contribution < 1.29 is 14.3 Å². The van der Waals surface area contributed by atoms with Gasteiger partial charge in [-0.25, -0.2) is 0 Å². The maximum atomic E-state index is 12.2. The van der Waals surface area contributed by atoms with Crippen LogP contribution in [0, 0.1) is 0 Å². The van der Waals surface area contributed by atoms with E-state index in [1.807, 2.05) is 24.3 Å². The fourth-order valence-corrected chi connectivity index (χ4v) is 2.53. The van der Waals surface area contributed by atoms with E-state index in [2.05, 4.69) is 36.9 Å². The Bertz CT molecular complexity index is 898. The van der Waals surface area contributed by atoms with Crippen molar-refractivity contribution in [2.45, 2.75) is 26.2 Å². The van der Waals surface area contributed by atoms with E-state index in [1.165, 1.54) is 6.08 Å². The summed E-state index contributed by atoms with van der Waals surface area (Å²) in [5, 5.41) is 2.46. The predicted octanol–water partition coefficient (Wildman–Crippen LogP) is 3.34. The summed E-state index contributed by atoms with van der Waals surface area (Å²) in [6, 6.07) is 14.6. The van der Waals surface area contributed by atoms with Gasteiger partial charge in [0.05, 0.1) is 7.11 Å². The summed E-state index contributed by atoms with van der Waals surface area (Å²) in [4.78, 5) is 24.1. The first kappa shape index (κ1) is 22.1. The molecule has 0 aliphatic rings. The lowest BCUT2D eigenvalue weighted by molar-refractivity contribution is -0.115. The molecule has 0 spiro atoms. The smallest absolute Gasteiger partial charge is 0.269 e. The van der Waals surface area contributed by atoms with Gasteiger partial charge in [0.2, 0.25) is 5.91 Å². The maximum Gasteiger partial charge on any atom is 0.269 e. The van der Waals surface area contributed by atoms with E-state index < -0.39 is 5.91 Å². The lowest BCUT2D eigenvalue weighted by Gasteiger charge is -2.19. The summed E-state index contributed by atoms with van der Waals surface area (Å²) >= 11 is 5.02. The molecule has 0 radical (unpaired) electrons. The Morgan fingerprint density at radius 3 is 2.14 bits per heavy atom. The summed E-state index contributed by atoms with van der Waals surface area (Å²) in [6.45, 7) is 6.31. The van der Waals surface area contributed by atoms with Crippen LogP contribution in [0.3, 0.4) is 0 Å². The van der Waals surface area contributed by atoms with Gasteiger partial charge in [-0.2, -0.15) is 0 Å². The highest BCUT2D eigenvalue weighted by molar-refractivity contribution is 7.80. The van der Waals surface area contributed by atoms with Gasteiger partial charge in [-0.05, 0) is 59.1 Å². The van der Waals surface area contributed by atoms with Crippen molar-refractivity contribution in [3.63, 3.8) is 0 Å². The van der Waals surface area contributed by atoms with Gasteiger partial charge in [0.25, 0.3) is 5.91 Å². The first-order valence-corrected chi connectivity index (χ1v) is 9.44. The summed E-state index contributed by atoms with van der Waals surface area (Å²) in [5.74, 6) is -0.0290. The highest BCUT2D eigenvalue weighted by Crippen LogP contribution is 2.22. The maximum absolute atomic E-state index is 12.2. The average molecular weight is 412 g/mol. The zero-order valence-corrected chi connectivity index (χ0v) is 17.7. The number of hydrazine groups is 1. The molecule has 2 amide bonds. The molecule has 0 saturated heterocycles. The van der Waals surface area contributed by atoms with Crippen molar-refractivity contribution in [1.29, 1.82) is 0 Å². The fraction of sp³-hybridized carbons (Fsp3) is 0.227. The van der Waals surface area contributed by atoms with E-state index in [0.717, 1.165) is 16.9 Å². The number of benzene rings is 2. The van der Waals surface area contributed by atoms with E-state index in [-0.39, 0.29) is 16.4 Å². The fourth-order valence-electron chi connectivity index (χ4n) is 2.38. The monoisotopic (exact) mass is 411 g/mol. The third kappa shape index (κ3) is 7.04. The van der Waals surface area contributed by atoms with Crippen LogP contribution in [0.5, 0.6) is 5.75 Å². The largest absolute Gasteiger partial charge is 0.497 e. The molecule has 0 bridgehead atoms. The Morgan fingerprint density at radius 1 is 0.966 bits per heavy atom. The molecule has 29 heavy (non-hydrogen) atoms. The van der Waals surface area contributed by atoms with E-state index in [0.29, 0.717) is 5.56 Å². The minimum Gasteiger partial charge on any atom is -0.497 e. The van der Waals surface area contributed by atoms with E-state index in [1.54, 1.807) is 37.5 Å². The van der Waals surface area contributed by atoms with Crippen LogP contribution in [0.15, 0.2) is 54.6 Å². The molecule has 2 aromatic carbocycles. The van der Waals surface area contributed by atoms with Crippen LogP contribution in [-0.2, 0) is 10.2 Å². The van der Waals surface area contributed by atoms with E-state index in [4.69, 9.17) is 17.0 Å². The quantitative estimate of drug-likeness (QED) is 0.409. The Hall–Kier alpha value is -3.19. The van der Waals surface area contributed by atoms with Crippen LogP contribution in [0.2, 0.25) is 0 Å². The van der Waals surface area contributed by atoms with Crippen molar-refractivity contribution in [1.82, 2.24) is 16.2 Å². The van der Waals surface area contributed by atoms with Gasteiger partial charge in [-0.15, -0.1) is 0 Å². The van der Waals surface area contributed by atoms with E-state index >= 15 is 0 Å². The number of carbonyl (C=O) groups is 2. The summed E-state index contributed by atoms with van der Waals surface area (Å²) in [5.41, 5.74) is 7.46. The number of hydrogen-bond acceptors (Lipinski definition) is 4. The second-order valence-electron chi connectivity index (χ2n) is 7.33. The zero-order chi connectivity index (χ0) is 21.4. The molecule has 3 N–H and O–H groups in total. The van der Waals surface area contributed by atoms with E-state index in [9.17, 15) is 9.59 Å². The van der Waals surface area contributed by atoms with Crippen molar-refractivity contribution in [2.75, 3.05) is 7.11 Å². The number of carbonyl (C=O) groups excluding carboxylic acids is 2. The normalized spacial score (nSPS) is 11.0. The average Bonchev–Trinajstić information content (AvgIpc) is 2.70. The number of ether oxygens (including phenoxy) is 1. The lowest BCUT2D eigenvalue weighted by Crippen LogP contribution is -2.48. The number of nitrogens with one attached hydrogen (secondary N) is 3. The predicted molar refractivity (Wildman–Crippen MR) is 119 cm³/mol. The number of methoxy groups -OCH3 is 1. The van der Waals surface area contributed by atoms with Crippen molar-refractivity contribution >= 4 is 35.2 Å². The highest BCUT2D eigenvalue weighted by atomic mass is 32.1. The van der Waals surface area contributed by atoms with Gasteiger partial charge in [-0.3, -0.25) is 25.8 Å². The Balaban J connectivity index is 1.81. The molecule has 0 saturated carbocycles. The molecule has 7 heteroatoms. The van der Waals surface area contributed by atoms with Gasteiger partial charge in [0, 0.05) is 11.6 Å².